The van der Waals surface area contributed by atoms with Crippen LogP contribution in [0.4, 0.5) is 11.4 Å². The second-order valence-electron chi connectivity index (χ2n) is 12.3. The van der Waals surface area contributed by atoms with Crippen molar-refractivity contribution < 1.29 is 32.6 Å². The van der Waals surface area contributed by atoms with Crippen LogP contribution in [0.1, 0.15) is 48.8 Å². The number of sulfonamides is 1. The van der Waals surface area contributed by atoms with Crippen LogP contribution in [0.25, 0.3) is 0 Å². The van der Waals surface area contributed by atoms with Crippen molar-refractivity contribution in [1.82, 2.24) is 4.90 Å². The van der Waals surface area contributed by atoms with Crippen molar-refractivity contribution in [2.75, 3.05) is 29.0 Å². The Balaban J connectivity index is 1.14. The van der Waals surface area contributed by atoms with E-state index >= 15 is 0 Å². The highest BCUT2D eigenvalue weighted by atomic mass is 32.2. The summed E-state index contributed by atoms with van der Waals surface area (Å²) in [4.78, 5) is 27.5. The minimum absolute atomic E-state index is 0.103. The van der Waals surface area contributed by atoms with E-state index < -0.39 is 22.0 Å². The molecular formula is C38H43N3O7S. The molecule has 1 atom stereocenters. The Morgan fingerprint density at radius 3 is 2.14 bits per heavy atom. The van der Waals surface area contributed by atoms with Crippen molar-refractivity contribution in [3.05, 3.63) is 114 Å². The van der Waals surface area contributed by atoms with Crippen LogP contribution in [0.3, 0.4) is 0 Å². The highest BCUT2D eigenvalue weighted by Gasteiger charge is 2.33. The maximum atomic E-state index is 12.4. The van der Waals surface area contributed by atoms with E-state index in [1.807, 2.05) is 85.8 Å². The third-order valence-electron chi connectivity index (χ3n) is 8.43. The number of nitrogens with zero attached hydrogens (tertiary/aromatic N) is 2. The maximum Gasteiger partial charge on any atom is 0.326 e. The standard InChI is InChI=1S/C38H43N3O7S/c1-28-34(39-49(2,45)46)12-8-13-35(28)40(26-29-10-4-3-5-11-29)27-30-16-18-32(19-17-30)48-33-22-20-31(21-23-33)47-25-7-6-15-37(42)41-24-9-14-36(41)38(43)44/h3-5,8,10-13,16-23,36,39H,6-7,9,14-15,24-27H2,1-2H3,(H,43,44)/t36-/m0/s1. The van der Waals surface area contributed by atoms with E-state index in [1.165, 1.54) is 4.90 Å². The van der Waals surface area contributed by atoms with E-state index in [4.69, 9.17) is 9.47 Å². The van der Waals surface area contributed by atoms with Gasteiger partial charge in [0.25, 0.3) is 0 Å². The second kappa shape index (κ2) is 16.4. The first-order valence-electron chi connectivity index (χ1n) is 16.4. The number of unbranched alkanes of at least 4 members (excludes halogenated alkanes) is 1. The molecule has 0 unspecified atom stereocenters. The first-order valence-corrected chi connectivity index (χ1v) is 18.3. The van der Waals surface area contributed by atoms with Crippen molar-refractivity contribution in [2.45, 2.75) is 58.2 Å². The smallest absolute Gasteiger partial charge is 0.326 e. The Bertz CT molecular complexity index is 1810. The molecule has 0 saturated carbocycles. The van der Waals surface area contributed by atoms with E-state index in [2.05, 4.69) is 21.8 Å². The van der Waals surface area contributed by atoms with Crippen molar-refractivity contribution in [3.8, 4) is 17.2 Å². The molecule has 4 aromatic carbocycles. The number of nitrogens with one attached hydrogen (secondary N) is 1. The molecule has 10 nitrogen and oxygen atoms in total. The number of rotatable bonds is 16. The fourth-order valence-electron chi connectivity index (χ4n) is 5.96. The summed E-state index contributed by atoms with van der Waals surface area (Å²) in [6.45, 7) is 4.13. The van der Waals surface area contributed by atoms with Gasteiger partial charge in [0.1, 0.15) is 23.3 Å². The molecular weight excluding hydrogens is 642 g/mol. The third-order valence-corrected chi connectivity index (χ3v) is 9.02. The molecule has 11 heteroatoms. The summed E-state index contributed by atoms with van der Waals surface area (Å²) in [5.41, 5.74) is 4.54. The van der Waals surface area contributed by atoms with Crippen molar-refractivity contribution >= 4 is 33.3 Å². The van der Waals surface area contributed by atoms with Gasteiger partial charge in [0.05, 0.1) is 18.6 Å². The lowest BCUT2D eigenvalue weighted by Gasteiger charge is -2.28. The number of hydrogen-bond acceptors (Lipinski definition) is 7. The van der Waals surface area contributed by atoms with Gasteiger partial charge in [0.2, 0.25) is 15.9 Å². The van der Waals surface area contributed by atoms with Gasteiger partial charge < -0.3 is 24.4 Å². The molecule has 4 aromatic rings. The van der Waals surface area contributed by atoms with Crippen LogP contribution >= 0.6 is 0 Å². The SMILES string of the molecule is Cc1c(NS(C)(=O)=O)cccc1N(Cc1ccccc1)Cc1ccc(Oc2ccc(OCCCCC(=O)N3CCC[C@H]3C(=O)O)cc2)cc1. The minimum Gasteiger partial charge on any atom is -0.494 e. The lowest BCUT2D eigenvalue weighted by atomic mass is 10.1. The number of amides is 1. The van der Waals surface area contributed by atoms with Gasteiger partial charge in [-0.2, -0.15) is 0 Å². The van der Waals surface area contributed by atoms with E-state index in [-0.39, 0.29) is 5.91 Å². The molecule has 1 amide bonds. The van der Waals surface area contributed by atoms with Gasteiger partial charge >= 0.3 is 5.97 Å². The predicted octanol–water partition coefficient (Wildman–Crippen LogP) is 6.99. The van der Waals surface area contributed by atoms with Crippen LogP contribution < -0.4 is 19.1 Å². The second-order valence-corrected chi connectivity index (χ2v) is 14.0. The molecule has 1 aliphatic rings. The number of carboxylic acids is 1. The summed E-state index contributed by atoms with van der Waals surface area (Å²) < 4.78 is 38.5. The summed E-state index contributed by atoms with van der Waals surface area (Å²) in [5.74, 6) is 1.02. The molecule has 1 heterocycles. The van der Waals surface area contributed by atoms with E-state index in [1.54, 1.807) is 6.07 Å². The van der Waals surface area contributed by atoms with Crippen LogP contribution in [-0.4, -0.2) is 55.7 Å². The number of anilines is 2. The number of hydrogen-bond donors (Lipinski definition) is 2. The molecule has 0 aromatic heterocycles. The lowest BCUT2D eigenvalue weighted by molar-refractivity contribution is -0.148. The van der Waals surface area contributed by atoms with Gasteiger partial charge in [0, 0.05) is 31.7 Å². The van der Waals surface area contributed by atoms with Crippen molar-refractivity contribution in [3.63, 3.8) is 0 Å². The van der Waals surface area contributed by atoms with Crippen LogP contribution in [0, 0.1) is 6.92 Å². The minimum atomic E-state index is -3.42. The molecule has 0 bridgehead atoms. The summed E-state index contributed by atoms with van der Waals surface area (Å²) in [5, 5.41) is 9.29. The number of likely N-dealkylation sites (tertiary alicyclic amines) is 1. The fraction of sp³-hybridized carbons (Fsp3) is 0.316. The zero-order chi connectivity index (χ0) is 34.8. The topological polar surface area (TPSA) is 125 Å². The Morgan fingerprint density at radius 1 is 0.857 bits per heavy atom. The number of carbonyl (C=O) groups excluding carboxylic acids is 1. The molecule has 1 saturated heterocycles. The van der Waals surface area contributed by atoms with Crippen LogP contribution in [0.5, 0.6) is 17.2 Å². The zero-order valence-electron chi connectivity index (χ0n) is 27.9. The predicted molar refractivity (Wildman–Crippen MR) is 191 cm³/mol. The van der Waals surface area contributed by atoms with E-state index in [0.717, 1.165) is 35.1 Å². The number of carbonyl (C=O) groups is 2. The molecule has 258 valence electrons. The normalized spacial score (nSPS) is 14.3. The third kappa shape index (κ3) is 10.2. The Morgan fingerprint density at radius 2 is 1.49 bits per heavy atom. The molecule has 0 aliphatic carbocycles. The van der Waals surface area contributed by atoms with Crippen molar-refractivity contribution in [1.29, 1.82) is 0 Å². The summed E-state index contributed by atoms with van der Waals surface area (Å²) in [6.07, 6.45) is 4.05. The Kier molecular flexibility index (Phi) is 11.8. The van der Waals surface area contributed by atoms with Crippen LogP contribution in [0.15, 0.2) is 97.1 Å². The van der Waals surface area contributed by atoms with Crippen LogP contribution in [0.2, 0.25) is 0 Å². The summed E-state index contributed by atoms with van der Waals surface area (Å²) in [7, 11) is -3.42. The van der Waals surface area contributed by atoms with Gasteiger partial charge in [-0.15, -0.1) is 0 Å². The maximum absolute atomic E-state index is 12.4. The summed E-state index contributed by atoms with van der Waals surface area (Å²) in [6, 6.07) is 30.4. The number of benzene rings is 4. The van der Waals surface area contributed by atoms with Crippen molar-refractivity contribution in [2.24, 2.45) is 0 Å². The average molecular weight is 686 g/mol. The van der Waals surface area contributed by atoms with Gasteiger partial charge in [-0.05, 0) is 97.8 Å². The van der Waals surface area contributed by atoms with Gasteiger partial charge in [-0.25, -0.2) is 13.2 Å². The number of carboxylic acid groups (broad SMARTS) is 1. The first-order chi connectivity index (χ1) is 23.6. The quantitative estimate of drug-likeness (QED) is 0.121. The number of aliphatic carboxylic acids is 1. The van der Waals surface area contributed by atoms with E-state index in [0.29, 0.717) is 74.9 Å². The molecule has 1 aliphatic heterocycles. The monoisotopic (exact) mass is 685 g/mol. The van der Waals surface area contributed by atoms with Crippen LogP contribution in [-0.2, 0) is 32.7 Å². The number of ether oxygens (including phenoxy) is 2. The van der Waals surface area contributed by atoms with Gasteiger partial charge in [-0.1, -0.05) is 48.5 Å². The fourth-order valence-corrected chi connectivity index (χ4v) is 6.58. The van der Waals surface area contributed by atoms with Gasteiger partial charge in [-0.3, -0.25) is 9.52 Å². The Hall–Kier alpha value is -5.03. The largest absolute Gasteiger partial charge is 0.494 e. The highest BCUT2D eigenvalue weighted by Crippen LogP contribution is 2.31. The zero-order valence-corrected chi connectivity index (χ0v) is 28.7. The lowest BCUT2D eigenvalue weighted by Crippen LogP contribution is -2.40. The first kappa shape index (κ1) is 35.3. The molecule has 0 spiro atoms. The molecule has 1 fully saturated rings. The average Bonchev–Trinajstić information content (AvgIpc) is 3.58. The molecule has 5 rings (SSSR count). The summed E-state index contributed by atoms with van der Waals surface area (Å²) >= 11 is 0. The molecule has 2 N–H and O–H groups in total. The van der Waals surface area contributed by atoms with E-state index in [9.17, 15) is 23.1 Å². The highest BCUT2D eigenvalue weighted by molar-refractivity contribution is 7.92. The molecule has 0 radical (unpaired) electrons. The molecule has 49 heavy (non-hydrogen) atoms. The Labute approximate surface area is 288 Å². The van der Waals surface area contributed by atoms with Gasteiger partial charge in [0.15, 0.2) is 0 Å².